The van der Waals surface area contributed by atoms with Crippen molar-refractivity contribution in [1.29, 1.82) is 0 Å². The Morgan fingerprint density at radius 2 is 1.81 bits per heavy atom. The molecule has 144 valence electrons. The van der Waals surface area contributed by atoms with E-state index in [1.165, 1.54) is 31.0 Å². The molecule has 3 rings (SSSR count). The zero-order chi connectivity index (χ0) is 19.4. The average molecular weight is 376 g/mol. The van der Waals surface area contributed by atoms with Crippen molar-refractivity contribution in [2.45, 2.75) is 32.0 Å². The molecule has 1 saturated heterocycles. The molecule has 1 fully saturated rings. The van der Waals surface area contributed by atoms with Crippen molar-refractivity contribution < 1.29 is 18.0 Å². The van der Waals surface area contributed by atoms with Crippen LogP contribution in [0.4, 0.5) is 13.2 Å². The molecule has 1 heterocycles. The molecule has 3 nitrogen and oxygen atoms in total. The second-order valence-electron chi connectivity index (χ2n) is 7.01. The minimum atomic E-state index is -4.45. The van der Waals surface area contributed by atoms with Crippen LogP contribution >= 0.6 is 0 Å². The maximum absolute atomic E-state index is 13.3. The highest BCUT2D eigenvalue weighted by molar-refractivity contribution is 5.95. The van der Waals surface area contributed by atoms with E-state index < -0.39 is 11.7 Å². The highest BCUT2D eigenvalue weighted by Gasteiger charge is 2.33. The van der Waals surface area contributed by atoms with Crippen LogP contribution in [0, 0.1) is 0 Å². The maximum Gasteiger partial charge on any atom is 0.417 e. The number of rotatable bonds is 5. The topological polar surface area (TPSA) is 32.3 Å². The van der Waals surface area contributed by atoms with Crippen LogP contribution in [0.5, 0.6) is 0 Å². The number of carbonyl (C=O) groups excluding carboxylic acids is 1. The first kappa shape index (κ1) is 19.4. The van der Waals surface area contributed by atoms with Crippen LogP contribution in [0.1, 0.15) is 35.7 Å². The van der Waals surface area contributed by atoms with Gasteiger partial charge in [0.05, 0.1) is 5.56 Å². The highest BCUT2D eigenvalue weighted by Crippen LogP contribution is 2.37. The van der Waals surface area contributed by atoms with Gasteiger partial charge in [0.15, 0.2) is 0 Å². The molecule has 1 aliphatic rings. The average Bonchev–Trinajstić information content (AvgIpc) is 3.14. The number of nitrogens with one attached hydrogen (secondary N) is 1. The van der Waals surface area contributed by atoms with Crippen molar-refractivity contribution >= 4 is 5.91 Å². The number of benzene rings is 2. The fourth-order valence-electron chi connectivity index (χ4n) is 3.52. The van der Waals surface area contributed by atoms with Gasteiger partial charge in [-0.2, -0.15) is 13.2 Å². The predicted octanol–water partition coefficient (Wildman–Crippen LogP) is 4.59. The van der Waals surface area contributed by atoms with E-state index in [0.29, 0.717) is 11.1 Å². The molecule has 27 heavy (non-hydrogen) atoms. The van der Waals surface area contributed by atoms with Gasteiger partial charge in [-0.25, -0.2) is 0 Å². The SMILES string of the molecule is C[C@@H](CN1CCCC1)NC(=O)c1cccc(-c2ccccc2C(F)(F)F)c1. The summed E-state index contributed by atoms with van der Waals surface area (Å²) in [6.45, 7) is 4.81. The second kappa shape index (κ2) is 8.13. The normalized spacial score (nSPS) is 16.3. The number of nitrogens with zero attached hydrogens (tertiary/aromatic N) is 1. The van der Waals surface area contributed by atoms with E-state index in [9.17, 15) is 18.0 Å². The molecule has 1 amide bonds. The first-order chi connectivity index (χ1) is 12.8. The Bertz CT molecular complexity index is 798. The Kier molecular flexibility index (Phi) is 5.85. The van der Waals surface area contributed by atoms with Crippen molar-refractivity contribution in [3.8, 4) is 11.1 Å². The first-order valence-electron chi connectivity index (χ1n) is 9.14. The molecule has 2 aromatic rings. The van der Waals surface area contributed by atoms with Gasteiger partial charge >= 0.3 is 6.18 Å². The van der Waals surface area contributed by atoms with E-state index >= 15 is 0 Å². The predicted molar refractivity (Wildman–Crippen MR) is 99.5 cm³/mol. The number of carbonyl (C=O) groups is 1. The lowest BCUT2D eigenvalue weighted by atomic mass is 9.97. The summed E-state index contributed by atoms with van der Waals surface area (Å²) < 4.78 is 39.8. The lowest BCUT2D eigenvalue weighted by Crippen LogP contribution is -2.41. The molecular weight excluding hydrogens is 353 g/mol. The molecule has 1 atom stereocenters. The first-order valence-corrected chi connectivity index (χ1v) is 9.14. The molecule has 1 N–H and O–H groups in total. The molecule has 0 bridgehead atoms. The molecule has 0 saturated carbocycles. The highest BCUT2D eigenvalue weighted by atomic mass is 19.4. The molecule has 1 aliphatic heterocycles. The molecular formula is C21H23F3N2O. The molecule has 0 spiro atoms. The Labute approximate surface area is 157 Å². The third-order valence-corrected chi connectivity index (χ3v) is 4.78. The van der Waals surface area contributed by atoms with E-state index in [4.69, 9.17) is 0 Å². The van der Waals surface area contributed by atoms with Gasteiger partial charge in [0, 0.05) is 18.2 Å². The molecule has 6 heteroatoms. The van der Waals surface area contributed by atoms with Crippen LogP contribution in [0.3, 0.4) is 0 Å². The van der Waals surface area contributed by atoms with Crippen LogP contribution in [0.2, 0.25) is 0 Å². The van der Waals surface area contributed by atoms with Crippen LogP contribution in [-0.4, -0.2) is 36.5 Å². The summed E-state index contributed by atoms with van der Waals surface area (Å²) in [4.78, 5) is 14.8. The summed E-state index contributed by atoms with van der Waals surface area (Å²) in [5.41, 5.74) is 0.107. The van der Waals surface area contributed by atoms with Gasteiger partial charge in [-0.15, -0.1) is 0 Å². The standard InChI is InChI=1S/C21H23F3N2O/c1-15(14-26-11-4-5-12-26)25-20(27)17-8-6-7-16(13-17)18-9-2-3-10-19(18)21(22,23)24/h2-3,6-10,13,15H,4-5,11-12,14H2,1H3,(H,25,27)/t15-/m0/s1. The van der Waals surface area contributed by atoms with Crippen molar-refractivity contribution in [1.82, 2.24) is 10.2 Å². The number of hydrogen-bond donors (Lipinski definition) is 1. The molecule has 0 radical (unpaired) electrons. The van der Waals surface area contributed by atoms with Crippen molar-refractivity contribution in [2.75, 3.05) is 19.6 Å². The van der Waals surface area contributed by atoms with Gasteiger partial charge in [-0.1, -0.05) is 30.3 Å². The maximum atomic E-state index is 13.3. The second-order valence-corrected chi connectivity index (χ2v) is 7.01. The minimum absolute atomic E-state index is 0.0262. The largest absolute Gasteiger partial charge is 0.417 e. The van der Waals surface area contributed by atoms with E-state index in [-0.39, 0.29) is 17.5 Å². The number of likely N-dealkylation sites (tertiary alicyclic amines) is 1. The minimum Gasteiger partial charge on any atom is -0.348 e. The lowest BCUT2D eigenvalue weighted by molar-refractivity contribution is -0.137. The summed E-state index contributed by atoms with van der Waals surface area (Å²) in [7, 11) is 0. The molecule has 0 aliphatic carbocycles. The molecule has 0 unspecified atom stereocenters. The van der Waals surface area contributed by atoms with E-state index in [1.807, 2.05) is 6.92 Å². The zero-order valence-corrected chi connectivity index (χ0v) is 15.2. The molecule has 2 aromatic carbocycles. The number of halogens is 3. The quantitative estimate of drug-likeness (QED) is 0.828. The third kappa shape index (κ3) is 4.89. The van der Waals surface area contributed by atoms with Gasteiger partial charge in [-0.05, 0) is 62.2 Å². The summed E-state index contributed by atoms with van der Waals surface area (Å²) in [5, 5.41) is 2.94. The fourth-order valence-corrected chi connectivity index (χ4v) is 3.52. The zero-order valence-electron chi connectivity index (χ0n) is 15.2. The Morgan fingerprint density at radius 1 is 1.11 bits per heavy atom. The lowest BCUT2D eigenvalue weighted by Gasteiger charge is -2.21. The van der Waals surface area contributed by atoms with E-state index in [0.717, 1.165) is 25.7 Å². The van der Waals surface area contributed by atoms with Crippen LogP contribution in [0.15, 0.2) is 48.5 Å². The van der Waals surface area contributed by atoms with E-state index in [1.54, 1.807) is 24.3 Å². The van der Waals surface area contributed by atoms with Crippen LogP contribution < -0.4 is 5.32 Å². The van der Waals surface area contributed by atoms with Gasteiger partial charge < -0.3 is 10.2 Å². The van der Waals surface area contributed by atoms with Crippen molar-refractivity contribution in [3.05, 3.63) is 59.7 Å². The fraction of sp³-hybridized carbons (Fsp3) is 0.381. The summed E-state index contributed by atoms with van der Waals surface area (Å²) in [6, 6.07) is 11.7. The van der Waals surface area contributed by atoms with Gasteiger partial charge in [0.25, 0.3) is 5.91 Å². The van der Waals surface area contributed by atoms with Crippen molar-refractivity contribution in [2.24, 2.45) is 0 Å². The Hall–Kier alpha value is -2.34. The summed E-state index contributed by atoms with van der Waals surface area (Å²) >= 11 is 0. The van der Waals surface area contributed by atoms with Gasteiger partial charge in [0.1, 0.15) is 0 Å². The number of alkyl halides is 3. The summed E-state index contributed by atoms with van der Waals surface area (Å²) in [6.07, 6.45) is -2.08. The number of amides is 1. The Balaban J connectivity index is 1.77. The van der Waals surface area contributed by atoms with Crippen molar-refractivity contribution in [3.63, 3.8) is 0 Å². The van der Waals surface area contributed by atoms with Gasteiger partial charge in [-0.3, -0.25) is 4.79 Å². The molecule has 0 aromatic heterocycles. The van der Waals surface area contributed by atoms with E-state index in [2.05, 4.69) is 10.2 Å². The smallest absolute Gasteiger partial charge is 0.348 e. The number of hydrogen-bond acceptors (Lipinski definition) is 2. The monoisotopic (exact) mass is 376 g/mol. The van der Waals surface area contributed by atoms with Crippen LogP contribution in [0.25, 0.3) is 11.1 Å². The van der Waals surface area contributed by atoms with Gasteiger partial charge in [0.2, 0.25) is 0 Å². The van der Waals surface area contributed by atoms with Crippen LogP contribution in [-0.2, 0) is 6.18 Å². The summed E-state index contributed by atoms with van der Waals surface area (Å²) in [5.74, 6) is -0.270. The third-order valence-electron chi connectivity index (χ3n) is 4.78. The Morgan fingerprint density at radius 3 is 2.52 bits per heavy atom.